The number of hydrogen-bond acceptors (Lipinski definition) is 4. The summed E-state index contributed by atoms with van der Waals surface area (Å²) in [5.74, 6) is 0.962. The summed E-state index contributed by atoms with van der Waals surface area (Å²) >= 11 is 0. The first kappa shape index (κ1) is 14.0. The molecule has 2 rings (SSSR count). The first-order chi connectivity index (χ1) is 9.63. The second-order valence-corrected chi connectivity index (χ2v) is 4.45. The number of amides is 2. The molecule has 0 radical (unpaired) electrons. The minimum absolute atomic E-state index is 0.164. The van der Waals surface area contributed by atoms with Crippen LogP contribution in [0.5, 0.6) is 0 Å². The lowest BCUT2D eigenvalue weighted by Gasteiger charge is -2.17. The van der Waals surface area contributed by atoms with Gasteiger partial charge in [-0.05, 0) is 19.9 Å². The van der Waals surface area contributed by atoms with Crippen LogP contribution in [0.15, 0.2) is 28.8 Å². The standard InChI is InChI=1S/C14H18N4O2/c1-4-18(14(19)15-3)9-12-16-13(17-20-12)11-7-5-6-10(2)8-11/h5-8H,4,9H2,1-3H3,(H,15,19). The Balaban J connectivity index is 2.15. The predicted octanol–water partition coefficient (Wildman–Crippen LogP) is 2.21. The van der Waals surface area contributed by atoms with Crippen LogP contribution in [0.4, 0.5) is 4.79 Å². The van der Waals surface area contributed by atoms with Gasteiger partial charge in [-0.15, -0.1) is 0 Å². The Morgan fingerprint density at radius 1 is 1.45 bits per heavy atom. The summed E-state index contributed by atoms with van der Waals surface area (Å²) in [7, 11) is 1.59. The van der Waals surface area contributed by atoms with Crippen LogP contribution in [0.2, 0.25) is 0 Å². The number of urea groups is 1. The van der Waals surface area contributed by atoms with Crippen LogP contribution in [0, 0.1) is 6.92 Å². The largest absolute Gasteiger partial charge is 0.341 e. The van der Waals surface area contributed by atoms with E-state index in [0.717, 1.165) is 11.1 Å². The van der Waals surface area contributed by atoms with Crippen LogP contribution < -0.4 is 5.32 Å². The SMILES string of the molecule is CCN(Cc1nc(-c2cccc(C)c2)no1)C(=O)NC. The molecule has 1 aromatic heterocycles. The number of hydrogen-bond donors (Lipinski definition) is 1. The Morgan fingerprint density at radius 3 is 2.90 bits per heavy atom. The number of nitrogens with one attached hydrogen (secondary N) is 1. The summed E-state index contributed by atoms with van der Waals surface area (Å²) in [6, 6.07) is 7.71. The highest BCUT2D eigenvalue weighted by Gasteiger charge is 2.15. The van der Waals surface area contributed by atoms with Gasteiger partial charge in [0.05, 0.1) is 0 Å². The lowest BCUT2D eigenvalue weighted by Crippen LogP contribution is -2.37. The average molecular weight is 274 g/mol. The van der Waals surface area contributed by atoms with Crippen molar-refractivity contribution in [3.05, 3.63) is 35.7 Å². The number of benzene rings is 1. The molecule has 0 saturated carbocycles. The van der Waals surface area contributed by atoms with Gasteiger partial charge in [0.15, 0.2) is 0 Å². The minimum atomic E-state index is -0.164. The molecule has 0 aliphatic rings. The van der Waals surface area contributed by atoms with E-state index in [1.807, 2.05) is 38.1 Å². The molecule has 0 atom stereocenters. The van der Waals surface area contributed by atoms with Gasteiger partial charge < -0.3 is 14.7 Å². The van der Waals surface area contributed by atoms with Crippen molar-refractivity contribution in [2.75, 3.05) is 13.6 Å². The van der Waals surface area contributed by atoms with E-state index in [1.54, 1.807) is 11.9 Å². The van der Waals surface area contributed by atoms with Gasteiger partial charge in [-0.25, -0.2) is 4.79 Å². The molecular formula is C14H18N4O2. The summed E-state index contributed by atoms with van der Waals surface area (Å²) < 4.78 is 5.20. The third kappa shape index (κ3) is 3.14. The molecule has 6 nitrogen and oxygen atoms in total. The zero-order valence-electron chi connectivity index (χ0n) is 11.9. The van der Waals surface area contributed by atoms with E-state index in [4.69, 9.17) is 4.52 Å². The Kier molecular flexibility index (Phi) is 4.34. The number of carbonyl (C=O) groups excluding carboxylic acids is 1. The van der Waals surface area contributed by atoms with Crippen molar-refractivity contribution in [2.24, 2.45) is 0 Å². The Hall–Kier alpha value is -2.37. The second-order valence-electron chi connectivity index (χ2n) is 4.45. The molecule has 0 aliphatic carbocycles. The van der Waals surface area contributed by atoms with Crippen LogP contribution >= 0.6 is 0 Å². The van der Waals surface area contributed by atoms with Crippen LogP contribution in [0.1, 0.15) is 18.4 Å². The lowest BCUT2D eigenvalue weighted by atomic mass is 10.1. The van der Waals surface area contributed by atoms with Gasteiger partial charge in [0.1, 0.15) is 6.54 Å². The molecule has 106 valence electrons. The monoisotopic (exact) mass is 274 g/mol. The normalized spacial score (nSPS) is 10.3. The van der Waals surface area contributed by atoms with Crippen molar-refractivity contribution in [1.29, 1.82) is 0 Å². The van der Waals surface area contributed by atoms with Crippen LogP contribution in [-0.2, 0) is 6.54 Å². The van der Waals surface area contributed by atoms with Gasteiger partial charge >= 0.3 is 6.03 Å². The van der Waals surface area contributed by atoms with Crippen molar-refractivity contribution in [1.82, 2.24) is 20.4 Å². The number of rotatable bonds is 4. The van der Waals surface area contributed by atoms with Crippen molar-refractivity contribution in [3.8, 4) is 11.4 Å². The van der Waals surface area contributed by atoms with Crippen molar-refractivity contribution in [3.63, 3.8) is 0 Å². The quantitative estimate of drug-likeness (QED) is 0.927. The van der Waals surface area contributed by atoms with Crippen molar-refractivity contribution in [2.45, 2.75) is 20.4 Å². The second kappa shape index (κ2) is 6.18. The summed E-state index contributed by atoms with van der Waals surface area (Å²) in [6.07, 6.45) is 0. The van der Waals surface area contributed by atoms with E-state index in [-0.39, 0.29) is 6.03 Å². The topological polar surface area (TPSA) is 71.3 Å². The fraction of sp³-hybridized carbons (Fsp3) is 0.357. The molecule has 6 heteroatoms. The Bertz CT molecular complexity index is 594. The van der Waals surface area contributed by atoms with Gasteiger partial charge in [0, 0.05) is 19.2 Å². The summed E-state index contributed by atoms with van der Waals surface area (Å²) in [5.41, 5.74) is 2.04. The molecule has 0 aliphatic heterocycles. The molecular weight excluding hydrogens is 256 g/mol. The van der Waals surface area contributed by atoms with Crippen LogP contribution in [-0.4, -0.2) is 34.7 Å². The van der Waals surface area contributed by atoms with Gasteiger partial charge in [-0.2, -0.15) is 4.98 Å². The van der Waals surface area contributed by atoms with E-state index in [9.17, 15) is 4.79 Å². The Morgan fingerprint density at radius 2 is 2.25 bits per heavy atom. The van der Waals surface area contributed by atoms with Gasteiger partial charge in [0.25, 0.3) is 0 Å². The van der Waals surface area contributed by atoms with E-state index >= 15 is 0 Å². The molecule has 2 amide bonds. The number of carbonyl (C=O) groups is 1. The summed E-state index contributed by atoms with van der Waals surface area (Å²) in [4.78, 5) is 17.5. The highest BCUT2D eigenvalue weighted by molar-refractivity contribution is 5.73. The van der Waals surface area contributed by atoms with Gasteiger partial charge in [-0.3, -0.25) is 0 Å². The molecule has 20 heavy (non-hydrogen) atoms. The molecule has 1 aromatic carbocycles. The minimum Gasteiger partial charge on any atom is -0.341 e. The first-order valence-electron chi connectivity index (χ1n) is 6.50. The molecule has 1 N–H and O–H groups in total. The molecule has 0 saturated heterocycles. The summed E-state index contributed by atoms with van der Waals surface area (Å²) in [6.45, 7) is 4.78. The number of aromatic nitrogens is 2. The highest BCUT2D eigenvalue weighted by atomic mass is 16.5. The Labute approximate surface area is 117 Å². The maximum Gasteiger partial charge on any atom is 0.317 e. The maximum absolute atomic E-state index is 11.6. The molecule has 0 unspecified atom stereocenters. The molecule has 0 fully saturated rings. The molecule has 0 bridgehead atoms. The smallest absolute Gasteiger partial charge is 0.317 e. The van der Waals surface area contributed by atoms with Gasteiger partial charge in [-0.1, -0.05) is 28.9 Å². The van der Waals surface area contributed by atoms with Gasteiger partial charge in [0.2, 0.25) is 11.7 Å². The van der Waals surface area contributed by atoms with E-state index < -0.39 is 0 Å². The van der Waals surface area contributed by atoms with Crippen molar-refractivity contribution >= 4 is 6.03 Å². The number of nitrogens with zero attached hydrogens (tertiary/aromatic N) is 3. The maximum atomic E-state index is 11.6. The predicted molar refractivity (Wildman–Crippen MR) is 75.0 cm³/mol. The van der Waals surface area contributed by atoms with E-state index in [0.29, 0.717) is 24.8 Å². The lowest BCUT2D eigenvalue weighted by molar-refractivity contribution is 0.192. The van der Waals surface area contributed by atoms with Crippen molar-refractivity contribution < 1.29 is 9.32 Å². The average Bonchev–Trinajstić information content (AvgIpc) is 2.92. The molecule has 1 heterocycles. The van der Waals surface area contributed by atoms with Crippen LogP contribution in [0.25, 0.3) is 11.4 Å². The number of aryl methyl sites for hydroxylation is 1. The third-order valence-electron chi connectivity index (χ3n) is 2.95. The first-order valence-corrected chi connectivity index (χ1v) is 6.50. The van der Waals surface area contributed by atoms with Crippen LogP contribution in [0.3, 0.4) is 0 Å². The highest BCUT2D eigenvalue weighted by Crippen LogP contribution is 2.17. The molecule has 0 spiro atoms. The fourth-order valence-corrected chi connectivity index (χ4v) is 1.87. The third-order valence-corrected chi connectivity index (χ3v) is 2.95. The molecule has 2 aromatic rings. The van der Waals surface area contributed by atoms with E-state index in [1.165, 1.54) is 0 Å². The zero-order chi connectivity index (χ0) is 14.5. The summed E-state index contributed by atoms with van der Waals surface area (Å²) in [5, 5.41) is 6.53. The zero-order valence-corrected chi connectivity index (χ0v) is 11.9. The van der Waals surface area contributed by atoms with E-state index in [2.05, 4.69) is 15.5 Å². The fourth-order valence-electron chi connectivity index (χ4n) is 1.87.